The predicted octanol–water partition coefficient (Wildman–Crippen LogP) is 16.8. The van der Waals surface area contributed by atoms with Crippen LogP contribution in [-0.4, -0.2) is 0 Å². The minimum absolute atomic E-state index is 0.101. The summed E-state index contributed by atoms with van der Waals surface area (Å²) in [7, 11) is 0. The molecule has 0 saturated heterocycles. The van der Waals surface area contributed by atoms with Crippen molar-refractivity contribution in [2.45, 2.75) is 57.6 Å². The van der Waals surface area contributed by atoms with Gasteiger partial charge in [-0.3, -0.25) is 0 Å². The lowest BCUT2D eigenvalue weighted by Crippen LogP contribution is -2.25. The van der Waals surface area contributed by atoms with E-state index in [2.05, 4.69) is 258 Å². The van der Waals surface area contributed by atoms with Crippen LogP contribution in [0.5, 0.6) is 0 Å². The Kier molecular flexibility index (Phi) is 12.9. The van der Waals surface area contributed by atoms with Crippen LogP contribution in [0.25, 0.3) is 0 Å². The van der Waals surface area contributed by atoms with E-state index in [1.54, 1.807) is 0 Å². The number of thioether (sulfide) groups is 1. The first-order valence-electron chi connectivity index (χ1n) is 21.6. The Balaban J connectivity index is 1.26. The largest absolute Gasteiger partial charge is 0.311 e. The summed E-state index contributed by atoms with van der Waals surface area (Å²) in [5.41, 5.74) is 15.8. The van der Waals surface area contributed by atoms with Gasteiger partial charge in [0.15, 0.2) is 0 Å². The summed E-state index contributed by atoms with van der Waals surface area (Å²) in [4.78, 5) is 6.02. The van der Waals surface area contributed by atoms with Crippen LogP contribution in [0.4, 0.5) is 34.1 Å². The molecule has 2 unspecified atom stereocenters. The zero-order chi connectivity index (χ0) is 42.3. The highest BCUT2D eigenvalue weighted by atomic mass is 32.2. The molecule has 0 heterocycles. The summed E-state index contributed by atoms with van der Waals surface area (Å²) in [6.45, 7) is 13.4. The SMILES string of the molecule is Cc1ccc(N(c2ccc(C)cc2)c2ccc(C(c3ccc(N(c4ccc(C)cc4)c4ccc(C)cc4)cc3)C(C(C)C)C(Sc3ccccc3)c3ccccc3)cc2)cc1. The zero-order valence-corrected chi connectivity index (χ0v) is 37.1. The molecule has 8 rings (SSSR count). The molecule has 2 atom stereocenters. The highest BCUT2D eigenvalue weighted by Gasteiger charge is 2.36. The van der Waals surface area contributed by atoms with E-state index in [1.165, 1.54) is 43.8 Å². The van der Waals surface area contributed by atoms with Crippen LogP contribution in [0.2, 0.25) is 0 Å². The van der Waals surface area contributed by atoms with Gasteiger partial charge in [-0.05, 0) is 141 Å². The van der Waals surface area contributed by atoms with Crippen molar-refractivity contribution in [2.75, 3.05) is 9.80 Å². The van der Waals surface area contributed by atoms with Gasteiger partial charge in [0.05, 0.1) is 0 Å². The summed E-state index contributed by atoms with van der Waals surface area (Å²) in [5.74, 6) is 0.711. The molecule has 0 N–H and O–H groups in total. The Morgan fingerprint density at radius 2 is 0.623 bits per heavy atom. The lowest BCUT2D eigenvalue weighted by atomic mass is 9.72. The highest BCUT2D eigenvalue weighted by molar-refractivity contribution is 7.99. The van der Waals surface area contributed by atoms with Gasteiger partial charge in [0.1, 0.15) is 0 Å². The van der Waals surface area contributed by atoms with Crippen LogP contribution in [0.3, 0.4) is 0 Å². The number of hydrogen-bond acceptors (Lipinski definition) is 3. The fourth-order valence-corrected chi connectivity index (χ4v) is 10.1. The minimum atomic E-state index is 0.101. The highest BCUT2D eigenvalue weighted by Crippen LogP contribution is 2.52. The van der Waals surface area contributed by atoms with Gasteiger partial charge in [0, 0.05) is 50.2 Å². The van der Waals surface area contributed by atoms with Crippen LogP contribution >= 0.6 is 11.8 Å². The second kappa shape index (κ2) is 19.0. The van der Waals surface area contributed by atoms with E-state index in [9.17, 15) is 0 Å². The Morgan fingerprint density at radius 3 is 0.934 bits per heavy atom. The molecule has 2 nitrogen and oxygen atoms in total. The molecule has 0 aromatic heterocycles. The monoisotopic (exact) mass is 812 g/mol. The van der Waals surface area contributed by atoms with Gasteiger partial charge in [-0.2, -0.15) is 0 Å². The molecule has 0 spiro atoms. The van der Waals surface area contributed by atoms with Crippen molar-refractivity contribution in [3.05, 3.63) is 245 Å². The van der Waals surface area contributed by atoms with Gasteiger partial charge in [0.25, 0.3) is 0 Å². The summed E-state index contributed by atoms with van der Waals surface area (Å²) in [6.07, 6.45) is 0. The first kappa shape index (κ1) is 41.4. The normalized spacial score (nSPS) is 12.3. The number of benzene rings is 8. The van der Waals surface area contributed by atoms with Gasteiger partial charge < -0.3 is 9.80 Å². The van der Waals surface area contributed by atoms with Crippen LogP contribution in [-0.2, 0) is 0 Å². The van der Waals surface area contributed by atoms with Crippen molar-refractivity contribution in [1.82, 2.24) is 0 Å². The quantitative estimate of drug-likeness (QED) is 0.101. The molecule has 61 heavy (non-hydrogen) atoms. The van der Waals surface area contributed by atoms with Gasteiger partial charge in [0.2, 0.25) is 0 Å². The average molecular weight is 813 g/mol. The molecule has 0 saturated carbocycles. The first-order chi connectivity index (χ1) is 29.7. The predicted molar refractivity (Wildman–Crippen MR) is 263 cm³/mol. The molecule has 0 aliphatic heterocycles. The van der Waals surface area contributed by atoms with Crippen LogP contribution in [0.1, 0.15) is 64.0 Å². The maximum absolute atomic E-state index is 2.41. The van der Waals surface area contributed by atoms with E-state index in [1.807, 2.05) is 11.8 Å². The van der Waals surface area contributed by atoms with Gasteiger partial charge >= 0.3 is 0 Å². The second-order valence-electron chi connectivity index (χ2n) is 16.8. The molecule has 0 aliphatic carbocycles. The lowest BCUT2D eigenvalue weighted by Gasteiger charge is -2.38. The molecule has 0 bridgehead atoms. The maximum Gasteiger partial charge on any atom is 0.0461 e. The second-order valence-corrected chi connectivity index (χ2v) is 18.0. The van der Waals surface area contributed by atoms with Crippen molar-refractivity contribution in [2.24, 2.45) is 11.8 Å². The average Bonchev–Trinajstić information content (AvgIpc) is 3.29. The van der Waals surface area contributed by atoms with Gasteiger partial charge in [-0.1, -0.05) is 157 Å². The number of nitrogens with zero attached hydrogens (tertiary/aromatic N) is 2. The van der Waals surface area contributed by atoms with Crippen LogP contribution in [0.15, 0.2) is 211 Å². The standard InChI is InChI=1S/C58H56N2S/c1-41(2)56(58(48-13-9-7-10-14-48)61-55-15-11-8-12-16-55)57(46-25-37-53(38-26-46)59(49-29-17-42(3)18-30-49)50-31-19-43(4)20-32-50)47-27-39-54(40-28-47)60(51-33-21-44(5)22-34-51)52-35-23-45(6)24-36-52/h7-41,56-58H,1-6H3. The summed E-state index contributed by atoms with van der Waals surface area (Å²) < 4.78 is 0. The van der Waals surface area contributed by atoms with Crippen molar-refractivity contribution >= 4 is 45.9 Å². The number of hydrogen-bond donors (Lipinski definition) is 0. The van der Waals surface area contributed by atoms with E-state index >= 15 is 0 Å². The maximum atomic E-state index is 2.41. The molecule has 8 aromatic rings. The van der Waals surface area contributed by atoms with Crippen LogP contribution in [0, 0.1) is 39.5 Å². The summed E-state index contributed by atoms with van der Waals surface area (Å²) >= 11 is 1.99. The molecule has 0 aliphatic rings. The van der Waals surface area contributed by atoms with E-state index in [0.29, 0.717) is 5.92 Å². The molecule has 0 amide bonds. The van der Waals surface area contributed by atoms with Crippen molar-refractivity contribution in [3.8, 4) is 0 Å². The number of anilines is 6. The van der Waals surface area contributed by atoms with Gasteiger partial charge in [-0.15, -0.1) is 11.8 Å². The number of rotatable bonds is 14. The molecule has 3 heteroatoms. The van der Waals surface area contributed by atoms with Crippen molar-refractivity contribution in [3.63, 3.8) is 0 Å². The van der Waals surface area contributed by atoms with E-state index in [0.717, 1.165) is 34.1 Å². The van der Waals surface area contributed by atoms with E-state index < -0.39 is 0 Å². The fraction of sp³-hybridized carbons (Fsp3) is 0.172. The van der Waals surface area contributed by atoms with E-state index in [-0.39, 0.29) is 17.1 Å². The Morgan fingerprint density at radius 1 is 0.328 bits per heavy atom. The third kappa shape index (κ3) is 9.70. The summed E-state index contributed by atoms with van der Waals surface area (Å²) in [5, 5.41) is 0.196. The lowest BCUT2D eigenvalue weighted by molar-refractivity contribution is 0.337. The summed E-state index contributed by atoms with van der Waals surface area (Å²) in [6, 6.07) is 76.4. The smallest absolute Gasteiger partial charge is 0.0461 e. The fourth-order valence-electron chi connectivity index (χ4n) is 8.53. The Bertz CT molecular complexity index is 2350. The topological polar surface area (TPSA) is 6.48 Å². The van der Waals surface area contributed by atoms with E-state index in [4.69, 9.17) is 0 Å². The molecular formula is C58H56N2S. The Hall–Kier alpha value is -6.29. The third-order valence-corrected chi connectivity index (χ3v) is 13.2. The molecule has 0 radical (unpaired) electrons. The van der Waals surface area contributed by atoms with Crippen LogP contribution < -0.4 is 9.80 Å². The first-order valence-corrected chi connectivity index (χ1v) is 22.4. The van der Waals surface area contributed by atoms with Crippen molar-refractivity contribution < 1.29 is 0 Å². The van der Waals surface area contributed by atoms with Gasteiger partial charge in [-0.25, -0.2) is 0 Å². The number of aryl methyl sites for hydroxylation is 4. The third-order valence-electron chi connectivity index (χ3n) is 11.8. The Labute approximate surface area is 368 Å². The molecular weight excluding hydrogens is 757 g/mol. The molecule has 8 aromatic carbocycles. The molecule has 304 valence electrons. The molecule has 0 fully saturated rings. The minimum Gasteiger partial charge on any atom is -0.311 e. The van der Waals surface area contributed by atoms with Crippen molar-refractivity contribution in [1.29, 1.82) is 0 Å². The zero-order valence-electron chi connectivity index (χ0n) is 36.2.